The normalized spacial score (nSPS) is 14.6. The van der Waals surface area contributed by atoms with Crippen molar-refractivity contribution in [3.05, 3.63) is 64.9 Å². The molecule has 1 saturated carbocycles. The van der Waals surface area contributed by atoms with E-state index in [4.69, 9.17) is 16.3 Å². The number of carbonyl (C=O) groups excluding carboxylic acids is 1. The van der Waals surface area contributed by atoms with Gasteiger partial charge in [-0.05, 0) is 37.1 Å². The number of hydrogen-bond donors (Lipinski definition) is 0. The van der Waals surface area contributed by atoms with Crippen LogP contribution in [0.3, 0.4) is 0 Å². The molecular formula is C22H23ClFNO2. The Morgan fingerprint density at radius 3 is 2.70 bits per heavy atom. The van der Waals surface area contributed by atoms with E-state index < -0.39 is 5.82 Å². The van der Waals surface area contributed by atoms with E-state index >= 15 is 0 Å². The number of anilines is 1. The van der Waals surface area contributed by atoms with Crippen LogP contribution in [0, 0.1) is 11.7 Å². The van der Waals surface area contributed by atoms with Gasteiger partial charge in [-0.25, -0.2) is 4.39 Å². The van der Waals surface area contributed by atoms with Gasteiger partial charge in [0.25, 0.3) is 0 Å². The lowest BCUT2D eigenvalue weighted by molar-refractivity contribution is -0.122. The van der Waals surface area contributed by atoms with Crippen molar-refractivity contribution in [2.45, 2.75) is 25.7 Å². The number of nitrogens with zero attached hydrogens (tertiary/aromatic N) is 1. The van der Waals surface area contributed by atoms with Gasteiger partial charge in [-0.15, -0.1) is 0 Å². The minimum absolute atomic E-state index is 0.0189. The van der Waals surface area contributed by atoms with Crippen LogP contribution in [-0.4, -0.2) is 19.6 Å². The fraction of sp³-hybridized carbons (Fsp3) is 0.318. The second-order valence-corrected chi connectivity index (χ2v) is 7.08. The third-order valence-corrected chi connectivity index (χ3v) is 5.20. The Kier molecular flexibility index (Phi) is 6.51. The highest BCUT2D eigenvalue weighted by molar-refractivity contribution is 6.31. The molecule has 2 aromatic rings. The topological polar surface area (TPSA) is 29.5 Å². The molecule has 0 spiro atoms. The zero-order valence-corrected chi connectivity index (χ0v) is 16.1. The number of methoxy groups -OCH3 is 1. The van der Waals surface area contributed by atoms with E-state index in [0.717, 1.165) is 37.0 Å². The molecule has 0 saturated heterocycles. The number of para-hydroxylation sites is 1. The van der Waals surface area contributed by atoms with Crippen molar-refractivity contribution in [1.29, 1.82) is 0 Å². The molecule has 27 heavy (non-hydrogen) atoms. The Morgan fingerprint density at radius 2 is 2.00 bits per heavy atom. The first kappa shape index (κ1) is 19.4. The second-order valence-electron chi connectivity index (χ2n) is 6.67. The fourth-order valence-corrected chi connectivity index (χ4v) is 3.63. The number of benzene rings is 2. The third kappa shape index (κ3) is 4.69. The van der Waals surface area contributed by atoms with E-state index in [9.17, 15) is 9.18 Å². The summed E-state index contributed by atoms with van der Waals surface area (Å²) >= 11 is 5.94. The maximum Gasteiger partial charge on any atom is 0.230 e. The van der Waals surface area contributed by atoms with Crippen LogP contribution in [-0.2, 0) is 4.79 Å². The van der Waals surface area contributed by atoms with Crippen LogP contribution in [0.25, 0.3) is 6.08 Å². The van der Waals surface area contributed by atoms with Gasteiger partial charge in [-0.1, -0.05) is 54.8 Å². The average Bonchev–Trinajstić information content (AvgIpc) is 3.22. The Morgan fingerprint density at radius 1 is 1.26 bits per heavy atom. The molecule has 0 heterocycles. The molecule has 3 nitrogen and oxygen atoms in total. The molecule has 0 bridgehead atoms. The monoisotopic (exact) mass is 387 g/mol. The smallest absolute Gasteiger partial charge is 0.230 e. The Labute approximate surface area is 164 Å². The van der Waals surface area contributed by atoms with E-state index in [0.29, 0.717) is 12.2 Å². The Hall–Kier alpha value is -2.33. The van der Waals surface area contributed by atoms with Crippen LogP contribution < -0.4 is 9.64 Å². The van der Waals surface area contributed by atoms with E-state index in [1.807, 2.05) is 36.4 Å². The van der Waals surface area contributed by atoms with Crippen molar-refractivity contribution < 1.29 is 13.9 Å². The van der Waals surface area contributed by atoms with E-state index in [1.165, 1.54) is 12.1 Å². The van der Waals surface area contributed by atoms with Gasteiger partial charge in [-0.2, -0.15) is 0 Å². The van der Waals surface area contributed by atoms with Crippen LogP contribution in [0.15, 0.2) is 48.5 Å². The van der Waals surface area contributed by atoms with Gasteiger partial charge in [0.1, 0.15) is 11.6 Å². The molecule has 5 heteroatoms. The van der Waals surface area contributed by atoms with Crippen molar-refractivity contribution in [2.75, 3.05) is 18.6 Å². The van der Waals surface area contributed by atoms with Crippen molar-refractivity contribution in [2.24, 2.45) is 5.92 Å². The van der Waals surface area contributed by atoms with Crippen LogP contribution in [0.5, 0.6) is 5.75 Å². The van der Waals surface area contributed by atoms with Gasteiger partial charge in [0.05, 0.1) is 12.1 Å². The largest absolute Gasteiger partial charge is 0.496 e. The molecule has 142 valence electrons. The number of ether oxygens (including phenoxy) is 1. The molecule has 0 aliphatic heterocycles. The summed E-state index contributed by atoms with van der Waals surface area (Å²) < 4.78 is 18.9. The Balaban J connectivity index is 1.84. The summed E-state index contributed by atoms with van der Waals surface area (Å²) in [7, 11) is 1.63. The van der Waals surface area contributed by atoms with E-state index in [-0.39, 0.29) is 16.8 Å². The van der Waals surface area contributed by atoms with Gasteiger partial charge in [0.15, 0.2) is 0 Å². The predicted molar refractivity (Wildman–Crippen MR) is 108 cm³/mol. The second kappa shape index (κ2) is 9.05. The summed E-state index contributed by atoms with van der Waals surface area (Å²) in [6, 6.07) is 12.1. The number of carbonyl (C=O) groups is 1. The number of hydrogen-bond acceptors (Lipinski definition) is 2. The molecule has 0 radical (unpaired) electrons. The maximum absolute atomic E-state index is 13.6. The van der Waals surface area contributed by atoms with Crippen molar-refractivity contribution in [1.82, 2.24) is 0 Å². The highest BCUT2D eigenvalue weighted by Crippen LogP contribution is 2.30. The van der Waals surface area contributed by atoms with Gasteiger partial charge >= 0.3 is 0 Å². The van der Waals surface area contributed by atoms with Gasteiger partial charge < -0.3 is 9.64 Å². The molecule has 3 rings (SSSR count). The molecule has 0 N–H and O–H groups in total. The highest BCUT2D eigenvalue weighted by atomic mass is 35.5. The number of rotatable bonds is 6. The number of halogens is 2. The van der Waals surface area contributed by atoms with Crippen LogP contribution in [0.4, 0.5) is 10.1 Å². The summed E-state index contributed by atoms with van der Waals surface area (Å²) in [6.07, 6.45) is 7.80. The van der Waals surface area contributed by atoms with Crippen LogP contribution >= 0.6 is 11.6 Å². The van der Waals surface area contributed by atoms with Crippen molar-refractivity contribution in [3.63, 3.8) is 0 Å². The van der Waals surface area contributed by atoms with Crippen LogP contribution in [0.2, 0.25) is 5.02 Å². The molecule has 2 aromatic carbocycles. The molecule has 0 unspecified atom stereocenters. The zero-order valence-electron chi connectivity index (χ0n) is 15.3. The molecular weight excluding hydrogens is 365 g/mol. The molecule has 1 fully saturated rings. The third-order valence-electron chi connectivity index (χ3n) is 4.91. The predicted octanol–water partition coefficient (Wildman–Crippen LogP) is 5.72. The minimum Gasteiger partial charge on any atom is -0.496 e. The summed E-state index contributed by atoms with van der Waals surface area (Å²) in [4.78, 5) is 14.7. The molecule has 0 atom stereocenters. The Bertz CT molecular complexity index is 831. The first-order chi connectivity index (χ1) is 13.1. The zero-order chi connectivity index (χ0) is 19.2. The summed E-state index contributed by atoms with van der Waals surface area (Å²) in [5, 5.41) is 0.0189. The summed E-state index contributed by atoms with van der Waals surface area (Å²) in [5.41, 5.74) is 1.55. The maximum atomic E-state index is 13.6. The summed E-state index contributed by atoms with van der Waals surface area (Å²) in [6.45, 7) is 0.384. The fourth-order valence-electron chi connectivity index (χ4n) is 3.46. The van der Waals surface area contributed by atoms with E-state index in [1.54, 1.807) is 18.1 Å². The molecule has 1 aliphatic carbocycles. The van der Waals surface area contributed by atoms with E-state index in [2.05, 4.69) is 0 Å². The average molecular weight is 388 g/mol. The lowest BCUT2D eigenvalue weighted by atomic mass is 10.1. The first-order valence-corrected chi connectivity index (χ1v) is 9.54. The summed E-state index contributed by atoms with van der Waals surface area (Å²) in [5.74, 6) is 0.374. The first-order valence-electron chi connectivity index (χ1n) is 9.16. The number of amides is 1. The quantitative estimate of drug-likeness (QED) is 0.634. The lowest BCUT2D eigenvalue weighted by Crippen LogP contribution is -2.35. The SMILES string of the molecule is COc1ccccc1/C=C/CN(C(=O)C1CCCC1)c1ccc(F)c(Cl)c1. The van der Waals surface area contributed by atoms with Crippen molar-refractivity contribution in [3.8, 4) is 5.75 Å². The van der Waals surface area contributed by atoms with Gasteiger partial charge in [-0.3, -0.25) is 4.79 Å². The standard InChI is InChI=1S/C22H23ClFNO2/c1-27-21-11-5-4-7-16(21)10-6-14-25(22(26)17-8-2-3-9-17)18-12-13-20(24)19(23)15-18/h4-7,10-13,15,17H,2-3,8-9,14H2,1H3/b10-6+. The van der Waals surface area contributed by atoms with Gasteiger partial charge in [0, 0.05) is 23.7 Å². The minimum atomic E-state index is -0.488. The van der Waals surface area contributed by atoms with Crippen molar-refractivity contribution >= 4 is 29.3 Å². The molecule has 1 aliphatic rings. The molecule has 1 amide bonds. The highest BCUT2D eigenvalue weighted by Gasteiger charge is 2.28. The van der Waals surface area contributed by atoms with Gasteiger partial charge in [0.2, 0.25) is 5.91 Å². The molecule has 0 aromatic heterocycles. The van der Waals surface area contributed by atoms with Crippen LogP contribution in [0.1, 0.15) is 31.2 Å². The lowest BCUT2D eigenvalue weighted by Gasteiger charge is -2.25.